The van der Waals surface area contributed by atoms with Crippen molar-refractivity contribution in [2.45, 2.75) is 26.7 Å². The fraction of sp³-hybridized carbons (Fsp3) is 0.700. The molecule has 0 saturated heterocycles. The Morgan fingerprint density at radius 2 is 2.21 bits per heavy atom. The van der Waals surface area contributed by atoms with Crippen molar-refractivity contribution in [1.82, 2.24) is 9.78 Å². The lowest BCUT2D eigenvalue weighted by atomic mass is 10.3. The molecule has 1 aromatic rings. The number of unbranched alkanes of at least 4 members (excludes halogenated alkanes) is 1. The number of aromatic nitrogens is 2. The molecule has 1 aromatic heterocycles. The lowest BCUT2D eigenvalue weighted by Crippen LogP contribution is -2.25. The van der Waals surface area contributed by atoms with Gasteiger partial charge in [-0.25, -0.2) is 0 Å². The first-order valence-corrected chi connectivity index (χ1v) is 5.23. The maximum atomic E-state index is 5.86. The van der Waals surface area contributed by atoms with Gasteiger partial charge in [-0.3, -0.25) is 4.68 Å². The van der Waals surface area contributed by atoms with Crippen LogP contribution in [0.25, 0.3) is 0 Å². The highest BCUT2D eigenvalue weighted by atomic mass is 15.3. The maximum absolute atomic E-state index is 5.86. The molecule has 4 nitrogen and oxygen atoms in total. The van der Waals surface area contributed by atoms with Crippen LogP contribution in [0.5, 0.6) is 0 Å². The smallest absolute Gasteiger partial charge is 0.173 e. The Hall–Kier alpha value is -1.19. The number of nitrogens with zero attached hydrogens (tertiary/aromatic N) is 3. The van der Waals surface area contributed by atoms with E-state index in [1.54, 1.807) is 4.68 Å². The third-order valence-electron chi connectivity index (χ3n) is 2.30. The molecule has 1 rings (SSSR count). The van der Waals surface area contributed by atoms with Crippen LogP contribution in [-0.2, 0) is 7.05 Å². The molecule has 2 N–H and O–H groups in total. The zero-order valence-corrected chi connectivity index (χ0v) is 9.32. The van der Waals surface area contributed by atoms with E-state index in [-0.39, 0.29) is 0 Å². The van der Waals surface area contributed by atoms with Gasteiger partial charge in [0.05, 0.1) is 5.69 Å². The summed E-state index contributed by atoms with van der Waals surface area (Å²) in [6.45, 7) is 6.31. The summed E-state index contributed by atoms with van der Waals surface area (Å²) in [6, 6.07) is 0. The van der Waals surface area contributed by atoms with Crippen molar-refractivity contribution in [3.05, 3.63) is 6.20 Å². The van der Waals surface area contributed by atoms with Crippen LogP contribution < -0.4 is 10.6 Å². The molecule has 80 valence electrons. The molecule has 0 fully saturated rings. The molecule has 0 saturated carbocycles. The van der Waals surface area contributed by atoms with Gasteiger partial charge in [-0.1, -0.05) is 13.3 Å². The van der Waals surface area contributed by atoms with E-state index in [1.165, 1.54) is 12.8 Å². The van der Waals surface area contributed by atoms with Gasteiger partial charge >= 0.3 is 0 Å². The number of hydrogen-bond donors (Lipinski definition) is 1. The molecule has 0 aliphatic heterocycles. The van der Waals surface area contributed by atoms with Gasteiger partial charge in [0.25, 0.3) is 0 Å². The molecule has 0 spiro atoms. The van der Waals surface area contributed by atoms with Crippen molar-refractivity contribution in [2.75, 3.05) is 23.7 Å². The van der Waals surface area contributed by atoms with E-state index < -0.39 is 0 Å². The van der Waals surface area contributed by atoms with Gasteiger partial charge in [-0.2, -0.15) is 5.10 Å². The van der Waals surface area contributed by atoms with Crippen molar-refractivity contribution in [3.8, 4) is 0 Å². The van der Waals surface area contributed by atoms with Gasteiger partial charge < -0.3 is 10.6 Å². The summed E-state index contributed by atoms with van der Waals surface area (Å²) in [5, 5.41) is 4.35. The summed E-state index contributed by atoms with van der Waals surface area (Å²) in [5.41, 5.74) is 6.63. The number of rotatable bonds is 5. The first-order valence-electron chi connectivity index (χ1n) is 5.23. The van der Waals surface area contributed by atoms with E-state index in [0.29, 0.717) is 0 Å². The van der Waals surface area contributed by atoms with Gasteiger partial charge in [0, 0.05) is 26.3 Å². The number of aryl methyl sites for hydroxylation is 1. The highest BCUT2D eigenvalue weighted by Crippen LogP contribution is 2.20. The van der Waals surface area contributed by atoms with E-state index in [2.05, 4.69) is 23.8 Å². The Bertz CT molecular complexity index is 280. The predicted octanol–water partition coefficient (Wildman–Crippen LogP) is 1.63. The molecule has 0 bridgehead atoms. The average Bonchev–Trinajstić information content (AvgIpc) is 2.47. The molecule has 1 heterocycles. The molecular formula is C10H20N4. The zero-order valence-electron chi connectivity index (χ0n) is 9.32. The van der Waals surface area contributed by atoms with Crippen molar-refractivity contribution in [1.29, 1.82) is 0 Å². The Morgan fingerprint density at radius 1 is 1.50 bits per heavy atom. The molecule has 0 atom stereocenters. The normalized spacial score (nSPS) is 10.5. The Morgan fingerprint density at radius 3 is 2.64 bits per heavy atom. The minimum atomic E-state index is 0.769. The molecule has 4 heteroatoms. The summed E-state index contributed by atoms with van der Waals surface area (Å²) >= 11 is 0. The topological polar surface area (TPSA) is 47.1 Å². The summed E-state index contributed by atoms with van der Waals surface area (Å²) in [7, 11) is 1.90. The molecule has 0 aliphatic rings. The average molecular weight is 196 g/mol. The number of nitrogen functional groups attached to an aromatic ring is 1. The van der Waals surface area contributed by atoms with Crippen molar-refractivity contribution < 1.29 is 0 Å². The second kappa shape index (κ2) is 4.88. The quantitative estimate of drug-likeness (QED) is 0.778. The van der Waals surface area contributed by atoms with Gasteiger partial charge in [-0.15, -0.1) is 0 Å². The number of nitrogens with two attached hydrogens (primary N) is 1. The van der Waals surface area contributed by atoms with Gasteiger partial charge in [0.15, 0.2) is 5.82 Å². The third kappa shape index (κ3) is 2.40. The summed E-state index contributed by atoms with van der Waals surface area (Å²) < 4.78 is 1.76. The van der Waals surface area contributed by atoms with E-state index >= 15 is 0 Å². The lowest BCUT2D eigenvalue weighted by Gasteiger charge is -2.20. The van der Waals surface area contributed by atoms with Gasteiger partial charge in [-0.05, 0) is 13.3 Å². The molecule has 0 amide bonds. The molecule has 0 unspecified atom stereocenters. The SMILES string of the molecule is CCCCN(CC)c1nn(C)cc1N. The van der Waals surface area contributed by atoms with Crippen LogP contribution in [0, 0.1) is 0 Å². The fourth-order valence-electron chi connectivity index (χ4n) is 1.50. The minimum absolute atomic E-state index is 0.769. The second-order valence-corrected chi connectivity index (χ2v) is 3.51. The second-order valence-electron chi connectivity index (χ2n) is 3.51. The van der Waals surface area contributed by atoms with E-state index in [0.717, 1.165) is 24.6 Å². The van der Waals surface area contributed by atoms with Crippen LogP contribution in [0.1, 0.15) is 26.7 Å². The first-order chi connectivity index (χ1) is 6.69. The standard InChI is InChI=1S/C10H20N4/c1-4-6-7-14(5-2)10-9(11)8-13(3)12-10/h8H,4-7,11H2,1-3H3. The fourth-order valence-corrected chi connectivity index (χ4v) is 1.50. The molecule has 0 radical (unpaired) electrons. The highest BCUT2D eigenvalue weighted by Gasteiger charge is 2.10. The summed E-state index contributed by atoms with van der Waals surface area (Å²) in [5.74, 6) is 0.920. The Kier molecular flexibility index (Phi) is 3.80. The molecule has 0 aromatic carbocycles. The largest absolute Gasteiger partial charge is 0.394 e. The highest BCUT2D eigenvalue weighted by molar-refractivity contribution is 5.61. The van der Waals surface area contributed by atoms with E-state index in [9.17, 15) is 0 Å². The van der Waals surface area contributed by atoms with Crippen molar-refractivity contribution in [3.63, 3.8) is 0 Å². The van der Waals surface area contributed by atoms with Gasteiger partial charge in [0.2, 0.25) is 0 Å². The van der Waals surface area contributed by atoms with Crippen molar-refractivity contribution >= 4 is 11.5 Å². The molecule has 14 heavy (non-hydrogen) atoms. The monoisotopic (exact) mass is 196 g/mol. The van der Waals surface area contributed by atoms with Crippen LogP contribution >= 0.6 is 0 Å². The lowest BCUT2D eigenvalue weighted by molar-refractivity contribution is 0.701. The van der Waals surface area contributed by atoms with Crippen LogP contribution in [0.4, 0.5) is 11.5 Å². The number of anilines is 2. The Labute approximate surface area is 85.7 Å². The van der Waals surface area contributed by atoms with Crippen molar-refractivity contribution in [2.24, 2.45) is 7.05 Å². The third-order valence-corrected chi connectivity index (χ3v) is 2.30. The predicted molar refractivity (Wildman–Crippen MR) is 60.4 cm³/mol. The summed E-state index contributed by atoms with van der Waals surface area (Å²) in [4.78, 5) is 2.22. The van der Waals surface area contributed by atoms with Crippen LogP contribution in [-0.4, -0.2) is 22.9 Å². The van der Waals surface area contributed by atoms with E-state index in [4.69, 9.17) is 5.73 Å². The summed E-state index contributed by atoms with van der Waals surface area (Å²) in [6.07, 6.45) is 4.23. The van der Waals surface area contributed by atoms with Crippen LogP contribution in [0.15, 0.2) is 6.20 Å². The maximum Gasteiger partial charge on any atom is 0.173 e. The zero-order chi connectivity index (χ0) is 10.6. The molecular weight excluding hydrogens is 176 g/mol. The Balaban J connectivity index is 2.72. The first kappa shape index (κ1) is 10.9. The van der Waals surface area contributed by atoms with E-state index in [1.807, 2.05) is 13.2 Å². The minimum Gasteiger partial charge on any atom is -0.394 e. The molecule has 0 aliphatic carbocycles. The van der Waals surface area contributed by atoms with Crippen LogP contribution in [0.3, 0.4) is 0 Å². The van der Waals surface area contributed by atoms with Gasteiger partial charge in [0.1, 0.15) is 0 Å². The number of hydrogen-bond acceptors (Lipinski definition) is 3. The van der Waals surface area contributed by atoms with Crippen LogP contribution in [0.2, 0.25) is 0 Å².